The standard InChI is InChI=1S/C17H34/c1-5-9-15(8-4)10-11-16-14-17(16,12-6-2)13-7-3/h15-16H,5-14H2,1-4H3. The molecule has 1 fully saturated rings. The largest absolute Gasteiger partial charge is 0.0654 e. The molecular weight excluding hydrogens is 204 g/mol. The topological polar surface area (TPSA) is 0 Å². The van der Waals surface area contributed by atoms with E-state index in [0.717, 1.165) is 17.3 Å². The summed E-state index contributed by atoms with van der Waals surface area (Å²) in [6, 6.07) is 0. The second-order valence-corrected chi connectivity index (χ2v) is 6.40. The van der Waals surface area contributed by atoms with Crippen LogP contribution in [-0.4, -0.2) is 0 Å². The van der Waals surface area contributed by atoms with E-state index in [1.165, 1.54) is 57.8 Å². The fraction of sp³-hybridized carbons (Fsp3) is 1.00. The van der Waals surface area contributed by atoms with E-state index in [4.69, 9.17) is 0 Å². The van der Waals surface area contributed by atoms with Crippen molar-refractivity contribution in [1.82, 2.24) is 0 Å². The first-order chi connectivity index (χ1) is 8.22. The summed E-state index contributed by atoms with van der Waals surface area (Å²) >= 11 is 0. The first-order valence-electron chi connectivity index (χ1n) is 8.22. The van der Waals surface area contributed by atoms with E-state index in [9.17, 15) is 0 Å². The van der Waals surface area contributed by atoms with Crippen molar-refractivity contribution in [3.63, 3.8) is 0 Å². The van der Waals surface area contributed by atoms with Gasteiger partial charge in [0.05, 0.1) is 0 Å². The lowest BCUT2D eigenvalue weighted by molar-refractivity contribution is 0.339. The Bertz CT molecular complexity index is 188. The smallest absolute Gasteiger partial charge is 0.0266 e. The van der Waals surface area contributed by atoms with Crippen LogP contribution in [0.15, 0.2) is 0 Å². The Hall–Kier alpha value is 0. The lowest BCUT2D eigenvalue weighted by Gasteiger charge is -2.18. The molecule has 0 nitrogen and oxygen atoms in total. The summed E-state index contributed by atoms with van der Waals surface area (Å²) in [5.74, 6) is 2.11. The van der Waals surface area contributed by atoms with E-state index >= 15 is 0 Å². The Kier molecular flexibility index (Phi) is 6.59. The molecule has 102 valence electrons. The molecule has 1 aliphatic rings. The summed E-state index contributed by atoms with van der Waals surface area (Å²) in [5.41, 5.74) is 0.800. The van der Waals surface area contributed by atoms with Gasteiger partial charge in [0.15, 0.2) is 0 Å². The van der Waals surface area contributed by atoms with Gasteiger partial charge < -0.3 is 0 Å². The van der Waals surface area contributed by atoms with Crippen LogP contribution in [0, 0.1) is 17.3 Å². The molecule has 0 heterocycles. The fourth-order valence-corrected chi connectivity index (χ4v) is 3.97. The zero-order chi connectivity index (χ0) is 12.7. The molecule has 2 atom stereocenters. The van der Waals surface area contributed by atoms with Gasteiger partial charge in [-0.05, 0) is 42.9 Å². The van der Waals surface area contributed by atoms with Crippen LogP contribution >= 0.6 is 0 Å². The monoisotopic (exact) mass is 238 g/mol. The summed E-state index contributed by atoms with van der Waals surface area (Å²) in [6.45, 7) is 9.42. The number of rotatable bonds is 10. The zero-order valence-corrected chi connectivity index (χ0v) is 12.7. The third kappa shape index (κ3) is 4.30. The van der Waals surface area contributed by atoms with Gasteiger partial charge >= 0.3 is 0 Å². The van der Waals surface area contributed by atoms with Gasteiger partial charge in [0.1, 0.15) is 0 Å². The molecule has 1 rings (SSSR count). The van der Waals surface area contributed by atoms with Crippen molar-refractivity contribution in [3.05, 3.63) is 0 Å². The predicted molar refractivity (Wildman–Crippen MR) is 78.3 cm³/mol. The average molecular weight is 238 g/mol. The van der Waals surface area contributed by atoms with Crippen LogP contribution < -0.4 is 0 Å². The van der Waals surface area contributed by atoms with E-state index in [1.54, 1.807) is 6.42 Å². The highest BCUT2D eigenvalue weighted by Gasteiger charge is 2.51. The Morgan fingerprint density at radius 3 is 2.06 bits per heavy atom. The molecule has 0 radical (unpaired) electrons. The first kappa shape index (κ1) is 15.1. The lowest BCUT2D eigenvalue weighted by atomic mass is 9.88. The van der Waals surface area contributed by atoms with Crippen LogP contribution in [0.25, 0.3) is 0 Å². The molecule has 0 amide bonds. The predicted octanol–water partition coefficient (Wildman–Crippen LogP) is 6.20. The van der Waals surface area contributed by atoms with Crippen molar-refractivity contribution in [2.45, 2.75) is 91.9 Å². The van der Waals surface area contributed by atoms with E-state index in [-0.39, 0.29) is 0 Å². The van der Waals surface area contributed by atoms with Crippen molar-refractivity contribution in [2.24, 2.45) is 17.3 Å². The fourth-order valence-electron chi connectivity index (χ4n) is 3.97. The molecule has 0 aromatic carbocycles. The minimum absolute atomic E-state index is 0.800. The highest BCUT2D eigenvalue weighted by atomic mass is 14.6. The maximum Gasteiger partial charge on any atom is -0.0266 e. The Morgan fingerprint density at radius 1 is 0.941 bits per heavy atom. The minimum Gasteiger partial charge on any atom is -0.0654 e. The second kappa shape index (κ2) is 7.44. The van der Waals surface area contributed by atoms with E-state index in [2.05, 4.69) is 27.7 Å². The van der Waals surface area contributed by atoms with Crippen molar-refractivity contribution in [3.8, 4) is 0 Å². The summed E-state index contributed by atoms with van der Waals surface area (Å²) in [5, 5.41) is 0. The van der Waals surface area contributed by atoms with E-state index < -0.39 is 0 Å². The van der Waals surface area contributed by atoms with Crippen molar-refractivity contribution >= 4 is 0 Å². The van der Waals surface area contributed by atoms with Gasteiger partial charge in [-0.1, -0.05) is 66.2 Å². The van der Waals surface area contributed by atoms with Gasteiger partial charge in [0.25, 0.3) is 0 Å². The molecule has 17 heavy (non-hydrogen) atoms. The van der Waals surface area contributed by atoms with Crippen LogP contribution in [0.3, 0.4) is 0 Å². The summed E-state index contributed by atoms with van der Waals surface area (Å²) in [6.07, 6.45) is 14.6. The molecular formula is C17H34. The van der Waals surface area contributed by atoms with Crippen LogP contribution in [0.4, 0.5) is 0 Å². The van der Waals surface area contributed by atoms with Crippen LogP contribution in [0.2, 0.25) is 0 Å². The summed E-state index contributed by atoms with van der Waals surface area (Å²) in [7, 11) is 0. The summed E-state index contributed by atoms with van der Waals surface area (Å²) in [4.78, 5) is 0. The molecule has 0 heteroatoms. The lowest BCUT2D eigenvalue weighted by Crippen LogP contribution is -2.05. The SMILES string of the molecule is CCCC(CC)CCC1CC1(CCC)CCC. The quantitative estimate of drug-likeness (QED) is 0.425. The average Bonchev–Trinajstić information content (AvgIpc) is 2.98. The summed E-state index contributed by atoms with van der Waals surface area (Å²) < 4.78 is 0. The molecule has 0 bridgehead atoms. The molecule has 1 saturated carbocycles. The van der Waals surface area contributed by atoms with E-state index in [1.807, 2.05) is 0 Å². The molecule has 0 aliphatic heterocycles. The molecule has 0 saturated heterocycles. The molecule has 2 unspecified atom stereocenters. The second-order valence-electron chi connectivity index (χ2n) is 6.40. The van der Waals surface area contributed by atoms with Crippen LogP contribution in [0.5, 0.6) is 0 Å². The van der Waals surface area contributed by atoms with Gasteiger partial charge in [-0.25, -0.2) is 0 Å². The Morgan fingerprint density at radius 2 is 1.59 bits per heavy atom. The highest BCUT2D eigenvalue weighted by Crippen LogP contribution is 2.61. The van der Waals surface area contributed by atoms with Gasteiger partial charge in [0.2, 0.25) is 0 Å². The molecule has 0 aromatic heterocycles. The third-order valence-electron chi connectivity index (χ3n) is 5.05. The van der Waals surface area contributed by atoms with Crippen LogP contribution in [-0.2, 0) is 0 Å². The Labute approximate surface area is 110 Å². The molecule has 0 spiro atoms. The normalized spacial score (nSPS) is 23.6. The van der Waals surface area contributed by atoms with Crippen molar-refractivity contribution in [2.75, 3.05) is 0 Å². The third-order valence-corrected chi connectivity index (χ3v) is 5.05. The van der Waals surface area contributed by atoms with E-state index in [0.29, 0.717) is 0 Å². The number of hydrogen-bond acceptors (Lipinski definition) is 0. The van der Waals surface area contributed by atoms with Gasteiger partial charge in [0, 0.05) is 0 Å². The Balaban J connectivity index is 2.28. The van der Waals surface area contributed by atoms with Gasteiger partial charge in [-0.2, -0.15) is 0 Å². The maximum absolute atomic E-state index is 2.37. The number of hydrogen-bond donors (Lipinski definition) is 0. The van der Waals surface area contributed by atoms with Gasteiger partial charge in [-0.3, -0.25) is 0 Å². The van der Waals surface area contributed by atoms with Gasteiger partial charge in [-0.15, -0.1) is 0 Å². The molecule has 0 aromatic rings. The molecule has 1 aliphatic carbocycles. The maximum atomic E-state index is 2.37. The van der Waals surface area contributed by atoms with Crippen molar-refractivity contribution in [1.29, 1.82) is 0 Å². The first-order valence-corrected chi connectivity index (χ1v) is 8.22. The highest BCUT2D eigenvalue weighted by molar-refractivity contribution is 5.01. The van der Waals surface area contributed by atoms with Crippen LogP contribution in [0.1, 0.15) is 91.9 Å². The van der Waals surface area contributed by atoms with Crippen molar-refractivity contribution < 1.29 is 0 Å². The molecule has 0 N–H and O–H groups in total. The minimum atomic E-state index is 0.800. The zero-order valence-electron chi connectivity index (χ0n) is 12.7.